The number of halogens is 9. The van der Waals surface area contributed by atoms with E-state index in [1.807, 2.05) is 6.92 Å². The van der Waals surface area contributed by atoms with Gasteiger partial charge in [-0.05, 0) is 53.9 Å². The van der Waals surface area contributed by atoms with Crippen molar-refractivity contribution in [3.8, 4) is 22.6 Å². The molecular weight excluding hydrogens is 587 g/mol. The van der Waals surface area contributed by atoms with Gasteiger partial charge in [-0.1, -0.05) is 19.1 Å². The second-order valence-electron chi connectivity index (χ2n) is 9.26. The lowest BCUT2D eigenvalue weighted by Gasteiger charge is -2.30. The molecule has 0 bridgehead atoms. The quantitative estimate of drug-likeness (QED) is 0.172. The minimum absolute atomic E-state index is 0.00427. The molecule has 228 valence electrons. The molecule has 0 atom stereocenters. The van der Waals surface area contributed by atoms with Crippen molar-refractivity contribution in [2.45, 2.75) is 32.1 Å². The Bertz CT molecular complexity index is 1330. The number of ether oxygens (including phenoxy) is 5. The molecule has 0 aromatic heterocycles. The maximum atomic E-state index is 14.9. The molecule has 0 saturated carbocycles. The molecule has 3 aromatic carbocycles. The van der Waals surface area contributed by atoms with Crippen molar-refractivity contribution in [3.63, 3.8) is 0 Å². The van der Waals surface area contributed by atoms with Crippen LogP contribution >= 0.6 is 0 Å². The van der Waals surface area contributed by atoms with Crippen LogP contribution in [0.5, 0.6) is 11.5 Å². The summed E-state index contributed by atoms with van der Waals surface area (Å²) in [6, 6.07) is 6.30. The molecule has 1 aliphatic heterocycles. The molecule has 14 heteroatoms. The van der Waals surface area contributed by atoms with Crippen molar-refractivity contribution in [2.24, 2.45) is 5.92 Å². The summed E-state index contributed by atoms with van der Waals surface area (Å²) in [4.78, 5) is 0. The highest BCUT2D eigenvalue weighted by Crippen LogP contribution is 2.38. The first-order valence-corrected chi connectivity index (χ1v) is 12.5. The van der Waals surface area contributed by atoms with E-state index in [9.17, 15) is 39.5 Å². The van der Waals surface area contributed by atoms with E-state index in [1.54, 1.807) is 0 Å². The van der Waals surface area contributed by atoms with Crippen LogP contribution in [0.4, 0.5) is 39.5 Å². The van der Waals surface area contributed by atoms with Gasteiger partial charge in [-0.15, -0.1) is 13.2 Å². The summed E-state index contributed by atoms with van der Waals surface area (Å²) in [5.74, 6) is -8.92. The number of rotatable bonds is 10. The van der Waals surface area contributed by atoms with Gasteiger partial charge in [0.25, 0.3) is 0 Å². The Morgan fingerprint density at radius 3 is 1.86 bits per heavy atom. The summed E-state index contributed by atoms with van der Waals surface area (Å²) in [6.45, 7) is 3.19. The standard InChI is InChI=1S/C28H23F9O5/c1-2-7-38-12-15-13-39-26(40-14-15)18-10-20(29)24(21(30)11-18)27(33,34)41-19-5-3-16(4-6-19)17-8-22(31)25(23(32)9-17)42-28(35,36)37/h3-6,8-11,15,26H,2,7,12-14H2,1H3. The number of alkyl halides is 5. The van der Waals surface area contributed by atoms with E-state index in [-0.39, 0.29) is 35.8 Å². The molecule has 0 amide bonds. The number of hydrogen-bond donors (Lipinski definition) is 0. The largest absolute Gasteiger partial charge is 0.573 e. The van der Waals surface area contributed by atoms with Crippen molar-refractivity contribution in [1.29, 1.82) is 0 Å². The Labute approximate surface area is 233 Å². The van der Waals surface area contributed by atoms with Crippen molar-refractivity contribution >= 4 is 0 Å². The summed E-state index contributed by atoms with van der Waals surface area (Å²) in [5.41, 5.74) is -2.10. The van der Waals surface area contributed by atoms with Crippen LogP contribution in [0.15, 0.2) is 48.5 Å². The zero-order chi connectivity index (χ0) is 30.7. The normalized spacial score (nSPS) is 17.8. The van der Waals surface area contributed by atoms with Gasteiger partial charge in [0.15, 0.2) is 17.9 Å². The van der Waals surface area contributed by atoms with Crippen molar-refractivity contribution in [3.05, 3.63) is 82.9 Å². The Morgan fingerprint density at radius 1 is 0.762 bits per heavy atom. The molecule has 0 radical (unpaired) electrons. The van der Waals surface area contributed by atoms with E-state index in [0.29, 0.717) is 37.5 Å². The third-order valence-electron chi connectivity index (χ3n) is 5.95. The van der Waals surface area contributed by atoms with Crippen LogP contribution in [-0.4, -0.2) is 32.8 Å². The van der Waals surface area contributed by atoms with Gasteiger partial charge in [-0.25, -0.2) is 17.6 Å². The highest BCUT2D eigenvalue weighted by atomic mass is 19.4. The fourth-order valence-corrected chi connectivity index (χ4v) is 4.09. The summed E-state index contributed by atoms with van der Waals surface area (Å²) >= 11 is 0. The lowest BCUT2D eigenvalue weighted by Crippen LogP contribution is -2.31. The molecule has 1 saturated heterocycles. The van der Waals surface area contributed by atoms with Crippen LogP contribution in [-0.2, 0) is 20.3 Å². The Hall–Kier alpha value is -3.49. The molecule has 3 aromatic rings. The molecule has 42 heavy (non-hydrogen) atoms. The van der Waals surface area contributed by atoms with Gasteiger partial charge in [0.2, 0.25) is 5.75 Å². The number of benzene rings is 3. The third kappa shape index (κ3) is 7.66. The van der Waals surface area contributed by atoms with E-state index in [1.165, 1.54) is 0 Å². The first-order valence-electron chi connectivity index (χ1n) is 12.5. The molecule has 1 aliphatic rings. The van der Waals surface area contributed by atoms with Crippen molar-refractivity contribution in [2.75, 3.05) is 26.4 Å². The van der Waals surface area contributed by atoms with Gasteiger partial charge in [-0.2, -0.15) is 8.78 Å². The van der Waals surface area contributed by atoms with Gasteiger partial charge in [0.1, 0.15) is 22.9 Å². The van der Waals surface area contributed by atoms with Gasteiger partial charge in [0, 0.05) is 18.1 Å². The van der Waals surface area contributed by atoms with E-state index in [0.717, 1.165) is 30.7 Å². The van der Waals surface area contributed by atoms with Crippen LogP contribution in [0.1, 0.15) is 30.8 Å². The fourth-order valence-electron chi connectivity index (χ4n) is 4.09. The van der Waals surface area contributed by atoms with Crippen molar-refractivity contribution < 1.29 is 63.2 Å². The molecule has 0 unspecified atom stereocenters. The second kappa shape index (κ2) is 12.8. The lowest BCUT2D eigenvalue weighted by atomic mass is 10.0. The third-order valence-corrected chi connectivity index (χ3v) is 5.95. The molecule has 4 rings (SSSR count). The predicted octanol–water partition coefficient (Wildman–Crippen LogP) is 8.03. The highest BCUT2D eigenvalue weighted by Gasteiger charge is 2.42. The minimum atomic E-state index is -5.34. The Morgan fingerprint density at radius 2 is 1.33 bits per heavy atom. The Kier molecular flexibility index (Phi) is 9.58. The first-order chi connectivity index (χ1) is 19.8. The molecule has 1 heterocycles. The van der Waals surface area contributed by atoms with Crippen LogP contribution in [0, 0.1) is 29.2 Å². The molecule has 0 spiro atoms. The van der Waals surface area contributed by atoms with Gasteiger partial charge >= 0.3 is 12.5 Å². The number of hydrogen-bond acceptors (Lipinski definition) is 5. The molecule has 5 nitrogen and oxygen atoms in total. The highest BCUT2D eigenvalue weighted by molar-refractivity contribution is 5.65. The average Bonchev–Trinajstić information content (AvgIpc) is 2.90. The van der Waals surface area contributed by atoms with Crippen molar-refractivity contribution in [1.82, 2.24) is 0 Å². The van der Waals surface area contributed by atoms with E-state index < -0.39 is 59.1 Å². The second-order valence-corrected chi connectivity index (χ2v) is 9.26. The zero-order valence-corrected chi connectivity index (χ0v) is 21.8. The van der Waals surface area contributed by atoms with Gasteiger partial charge < -0.3 is 23.7 Å². The predicted molar refractivity (Wildman–Crippen MR) is 129 cm³/mol. The minimum Gasteiger partial charge on any atom is -0.429 e. The van der Waals surface area contributed by atoms with E-state index in [2.05, 4.69) is 9.47 Å². The van der Waals surface area contributed by atoms with Gasteiger partial charge in [-0.3, -0.25) is 0 Å². The fraction of sp³-hybridized carbons (Fsp3) is 0.357. The lowest BCUT2D eigenvalue weighted by molar-refractivity contribution is -0.276. The summed E-state index contributed by atoms with van der Waals surface area (Å²) in [7, 11) is 0. The summed E-state index contributed by atoms with van der Waals surface area (Å²) in [5, 5.41) is 0. The Balaban J connectivity index is 1.45. The monoisotopic (exact) mass is 610 g/mol. The molecular formula is C28H23F9O5. The van der Waals surface area contributed by atoms with Gasteiger partial charge in [0.05, 0.1) is 19.8 Å². The zero-order valence-electron chi connectivity index (χ0n) is 21.8. The first kappa shape index (κ1) is 31.4. The summed E-state index contributed by atoms with van der Waals surface area (Å²) < 4.78 is 149. The smallest absolute Gasteiger partial charge is 0.429 e. The van der Waals surface area contributed by atoms with Crippen LogP contribution in [0.3, 0.4) is 0 Å². The maximum Gasteiger partial charge on any atom is 0.573 e. The van der Waals surface area contributed by atoms with E-state index in [4.69, 9.17) is 14.2 Å². The molecule has 1 fully saturated rings. The van der Waals surface area contributed by atoms with Crippen LogP contribution in [0.25, 0.3) is 11.1 Å². The van der Waals surface area contributed by atoms with Crippen LogP contribution < -0.4 is 9.47 Å². The molecule has 0 aliphatic carbocycles. The summed E-state index contributed by atoms with van der Waals surface area (Å²) in [6.07, 6.45) is -10.2. The average molecular weight is 610 g/mol. The molecule has 0 N–H and O–H groups in total. The topological polar surface area (TPSA) is 46.2 Å². The maximum absolute atomic E-state index is 14.9. The van der Waals surface area contributed by atoms with E-state index >= 15 is 0 Å². The SMILES string of the molecule is CCCOCC1COC(c2cc(F)c(C(F)(F)Oc3ccc(-c4cc(F)c(OC(F)(F)F)c(F)c4)cc3)c(F)c2)OC1. The van der Waals surface area contributed by atoms with Crippen LogP contribution in [0.2, 0.25) is 0 Å².